The minimum absolute atomic E-state index is 0.00920. The number of aromatic nitrogens is 4. The van der Waals surface area contributed by atoms with Crippen molar-refractivity contribution in [1.29, 1.82) is 0 Å². The SMILES string of the molecule is NC(=O)c1[nH]c(=O)ncc1N1c2ccccc2NC1c1ncc[nH]1. The van der Waals surface area contributed by atoms with Crippen molar-refractivity contribution in [2.24, 2.45) is 5.73 Å². The number of hydrogen-bond acceptors (Lipinski definition) is 6. The van der Waals surface area contributed by atoms with E-state index < -0.39 is 17.8 Å². The van der Waals surface area contributed by atoms with Crippen molar-refractivity contribution in [1.82, 2.24) is 19.9 Å². The Morgan fingerprint density at radius 1 is 1.21 bits per heavy atom. The van der Waals surface area contributed by atoms with Crippen LogP contribution >= 0.6 is 0 Å². The highest BCUT2D eigenvalue weighted by molar-refractivity contribution is 5.98. The summed E-state index contributed by atoms with van der Waals surface area (Å²) in [4.78, 5) is 38.6. The number of benzene rings is 1. The summed E-state index contributed by atoms with van der Waals surface area (Å²) in [6, 6.07) is 7.57. The number of hydrogen-bond donors (Lipinski definition) is 4. The molecule has 0 spiro atoms. The summed E-state index contributed by atoms with van der Waals surface area (Å²) in [5.41, 5.74) is 6.85. The van der Waals surface area contributed by atoms with Gasteiger partial charge in [-0.2, -0.15) is 4.98 Å². The molecule has 1 amide bonds. The number of carbonyl (C=O) groups excluding carboxylic acids is 1. The van der Waals surface area contributed by atoms with Crippen molar-refractivity contribution < 1.29 is 4.79 Å². The van der Waals surface area contributed by atoms with Crippen molar-refractivity contribution in [3.05, 3.63) is 64.9 Å². The number of fused-ring (bicyclic) bond motifs is 1. The maximum absolute atomic E-state index is 11.8. The summed E-state index contributed by atoms with van der Waals surface area (Å²) in [6.45, 7) is 0. The van der Waals surface area contributed by atoms with Gasteiger partial charge >= 0.3 is 5.69 Å². The van der Waals surface area contributed by atoms with Crippen LogP contribution in [-0.2, 0) is 0 Å². The number of nitrogens with one attached hydrogen (secondary N) is 3. The molecule has 120 valence electrons. The molecule has 5 N–H and O–H groups in total. The third-order valence-corrected chi connectivity index (χ3v) is 3.79. The number of H-pyrrole nitrogens is 2. The number of primary amides is 1. The predicted octanol–water partition coefficient (Wildman–Crippen LogP) is 0.854. The molecule has 1 unspecified atom stereocenters. The van der Waals surface area contributed by atoms with E-state index in [1.807, 2.05) is 29.2 Å². The van der Waals surface area contributed by atoms with E-state index in [4.69, 9.17) is 5.73 Å². The maximum Gasteiger partial charge on any atom is 0.345 e. The van der Waals surface area contributed by atoms with E-state index in [2.05, 4.69) is 25.3 Å². The molecule has 0 aliphatic carbocycles. The summed E-state index contributed by atoms with van der Waals surface area (Å²) in [5, 5.41) is 3.33. The first kappa shape index (κ1) is 14.0. The summed E-state index contributed by atoms with van der Waals surface area (Å²) < 4.78 is 0. The molecule has 0 saturated carbocycles. The number of anilines is 3. The Hall–Kier alpha value is -3.62. The van der Waals surface area contributed by atoms with Gasteiger partial charge in [-0.3, -0.25) is 9.78 Å². The fraction of sp³-hybridized carbons (Fsp3) is 0.0667. The molecule has 9 heteroatoms. The summed E-state index contributed by atoms with van der Waals surface area (Å²) in [6.07, 6.45) is 4.28. The van der Waals surface area contributed by atoms with E-state index in [1.54, 1.807) is 12.4 Å². The van der Waals surface area contributed by atoms with Gasteiger partial charge in [0, 0.05) is 12.4 Å². The third-order valence-electron chi connectivity index (χ3n) is 3.79. The average molecular weight is 323 g/mol. The Morgan fingerprint density at radius 2 is 2.04 bits per heavy atom. The van der Waals surface area contributed by atoms with Crippen LogP contribution in [0.25, 0.3) is 0 Å². The fourth-order valence-electron chi connectivity index (χ4n) is 2.80. The zero-order valence-corrected chi connectivity index (χ0v) is 12.4. The topological polar surface area (TPSA) is 133 Å². The van der Waals surface area contributed by atoms with Crippen LogP contribution in [-0.4, -0.2) is 25.8 Å². The largest absolute Gasteiger partial charge is 0.364 e. The van der Waals surface area contributed by atoms with Crippen molar-refractivity contribution in [2.75, 3.05) is 10.2 Å². The zero-order valence-electron chi connectivity index (χ0n) is 12.4. The molecule has 2 aromatic heterocycles. The lowest BCUT2D eigenvalue weighted by molar-refractivity contribution is 0.0995. The molecule has 0 radical (unpaired) electrons. The molecule has 0 bridgehead atoms. The highest BCUT2D eigenvalue weighted by Gasteiger charge is 2.34. The quantitative estimate of drug-likeness (QED) is 0.565. The van der Waals surface area contributed by atoms with Gasteiger partial charge in [-0.25, -0.2) is 9.78 Å². The Labute approximate surface area is 135 Å². The second-order valence-corrected chi connectivity index (χ2v) is 5.22. The van der Waals surface area contributed by atoms with Gasteiger partial charge in [0.05, 0.1) is 23.3 Å². The number of amides is 1. The van der Waals surface area contributed by atoms with E-state index in [-0.39, 0.29) is 5.69 Å². The van der Waals surface area contributed by atoms with Gasteiger partial charge in [-0.15, -0.1) is 0 Å². The molecular weight excluding hydrogens is 310 g/mol. The number of para-hydroxylation sites is 2. The molecule has 0 saturated heterocycles. The minimum Gasteiger partial charge on any atom is -0.364 e. The van der Waals surface area contributed by atoms with Crippen molar-refractivity contribution in [3.8, 4) is 0 Å². The van der Waals surface area contributed by atoms with Crippen molar-refractivity contribution >= 4 is 23.0 Å². The van der Waals surface area contributed by atoms with Crippen molar-refractivity contribution in [2.45, 2.75) is 6.17 Å². The molecule has 3 heterocycles. The monoisotopic (exact) mass is 323 g/mol. The molecule has 1 aliphatic rings. The predicted molar refractivity (Wildman–Crippen MR) is 86.9 cm³/mol. The van der Waals surface area contributed by atoms with Gasteiger partial charge < -0.3 is 20.9 Å². The van der Waals surface area contributed by atoms with Gasteiger partial charge in [0.2, 0.25) is 0 Å². The van der Waals surface area contributed by atoms with Crippen LogP contribution in [0.15, 0.2) is 47.7 Å². The summed E-state index contributed by atoms with van der Waals surface area (Å²) in [5.74, 6) is -0.0973. The molecule has 24 heavy (non-hydrogen) atoms. The van der Waals surface area contributed by atoms with Crippen LogP contribution in [0.4, 0.5) is 17.1 Å². The summed E-state index contributed by atoms with van der Waals surface area (Å²) in [7, 11) is 0. The van der Waals surface area contributed by atoms with E-state index in [0.717, 1.165) is 11.4 Å². The van der Waals surface area contributed by atoms with Crippen LogP contribution in [0.3, 0.4) is 0 Å². The molecule has 1 aliphatic heterocycles. The fourth-order valence-corrected chi connectivity index (χ4v) is 2.80. The van der Waals surface area contributed by atoms with Crippen LogP contribution in [0.2, 0.25) is 0 Å². The number of imidazole rings is 1. The minimum atomic E-state index is -0.743. The molecule has 0 fully saturated rings. The molecule has 1 aromatic carbocycles. The van der Waals surface area contributed by atoms with Gasteiger partial charge in [0.1, 0.15) is 11.5 Å². The van der Waals surface area contributed by atoms with Gasteiger partial charge in [-0.1, -0.05) is 12.1 Å². The number of aromatic amines is 2. The van der Waals surface area contributed by atoms with Crippen LogP contribution in [0, 0.1) is 0 Å². The normalized spacial score (nSPS) is 15.8. The average Bonchev–Trinajstić information content (AvgIpc) is 3.22. The Kier molecular flexibility index (Phi) is 3.05. The first-order chi connectivity index (χ1) is 11.6. The standard InChI is InChI=1S/C15H13N7O2/c16-12(23)11-10(7-19-15(24)21-11)22-9-4-2-1-3-8(9)20-14(22)13-17-5-6-18-13/h1-7,14,20H,(H2,16,23)(H,17,18)(H,19,21,24). The van der Waals surface area contributed by atoms with Gasteiger partial charge in [0.25, 0.3) is 5.91 Å². The highest BCUT2D eigenvalue weighted by Crippen LogP contribution is 2.45. The van der Waals surface area contributed by atoms with E-state index in [1.165, 1.54) is 6.20 Å². The highest BCUT2D eigenvalue weighted by atomic mass is 16.2. The third kappa shape index (κ3) is 2.10. The molecule has 4 rings (SSSR count). The van der Waals surface area contributed by atoms with Gasteiger partial charge in [-0.05, 0) is 12.1 Å². The van der Waals surface area contributed by atoms with E-state index in [9.17, 15) is 9.59 Å². The number of rotatable bonds is 3. The second-order valence-electron chi connectivity index (χ2n) is 5.22. The first-order valence-electron chi connectivity index (χ1n) is 7.18. The zero-order chi connectivity index (χ0) is 16.7. The number of nitrogens with two attached hydrogens (primary N) is 1. The van der Waals surface area contributed by atoms with Crippen LogP contribution in [0.5, 0.6) is 0 Å². The Bertz CT molecular complexity index is 964. The smallest absolute Gasteiger partial charge is 0.345 e. The Morgan fingerprint density at radius 3 is 2.79 bits per heavy atom. The second kappa shape index (κ2) is 5.23. The Balaban J connectivity index is 1.93. The number of carbonyl (C=O) groups is 1. The van der Waals surface area contributed by atoms with Crippen LogP contribution in [0.1, 0.15) is 22.5 Å². The molecule has 3 aromatic rings. The first-order valence-corrected chi connectivity index (χ1v) is 7.18. The lowest BCUT2D eigenvalue weighted by Gasteiger charge is -2.26. The van der Waals surface area contributed by atoms with Gasteiger partial charge in [0.15, 0.2) is 6.17 Å². The molecular formula is C15H13N7O2. The van der Waals surface area contributed by atoms with E-state index >= 15 is 0 Å². The summed E-state index contributed by atoms with van der Waals surface area (Å²) >= 11 is 0. The number of nitrogens with zero attached hydrogens (tertiary/aromatic N) is 3. The molecule has 9 nitrogen and oxygen atoms in total. The van der Waals surface area contributed by atoms with Crippen molar-refractivity contribution in [3.63, 3.8) is 0 Å². The van der Waals surface area contributed by atoms with E-state index in [0.29, 0.717) is 11.5 Å². The maximum atomic E-state index is 11.8. The lowest BCUT2D eigenvalue weighted by atomic mass is 10.2. The van der Waals surface area contributed by atoms with Crippen LogP contribution < -0.4 is 21.6 Å². The lowest BCUT2D eigenvalue weighted by Crippen LogP contribution is -2.30. The molecule has 1 atom stereocenters.